The minimum atomic E-state index is 0.0260. The molecule has 0 saturated carbocycles. The molecular formula is C15H22N2O4. The first kappa shape index (κ1) is 15.4. The van der Waals surface area contributed by atoms with E-state index >= 15 is 0 Å². The molecule has 1 fully saturated rings. The van der Waals surface area contributed by atoms with Gasteiger partial charge in [-0.25, -0.2) is 0 Å². The first-order valence-corrected chi connectivity index (χ1v) is 7.14. The Balaban J connectivity index is 1.89. The topological polar surface area (TPSA) is 86.3 Å². The fourth-order valence-corrected chi connectivity index (χ4v) is 2.35. The van der Waals surface area contributed by atoms with Crippen LogP contribution in [0, 0.1) is 0 Å². The summed E-state index contributed by atoms with van der Waals surface area (Å²) in [5.41, 5.74) is 6.16. The van der Waals surface area contributed by atoms with Gasteiger partial charge in [0.15, 0.2) is 5.84 Å². The van der Waals surface area contributed by atoms with E-state index in [0.717, 1.165) is 32.3 Å². The van der Waals surface area contributed by atoms with Crippen molar-refractivity contribution in [1.29, 1.82) is 0 Å². The Morgan fingerprint density at radius 3 is 2.90 bits per heavy atom. The molecule has 0 bridgehead atoms. The van der Waals surface area contributed by atoms with Crippen molar-refractivity contribution in [3.63, 3.8) is 0 Å². The highest BCUT2D eigenvalue weighted by Gasteiger charge is 2.14. The maximum absolute atomic E-state index is 8.75. The summed E-state index contributed by atoms with van der Waals surface area (Å²) >= 11 is 0. The van der Waals surface area contributed by atoms with Gasteiger partial charge in [-0.05, 0) is 37.8 Å². The van der Waals surface area contributed by atoms with Crippen LogP contribution in [0.2, 0.25) is 0 Å². The molecule has 1 atom stereocenters. The summed E-state index contributed by atoms with van der Waals surface area (Å²) in [6, 6.07) is 5.19. The van der Waals surface area contributed by atoms with E-state index in [1.54, 1.807) is 25.3 Å². The maximum Gasteiger partial charge on any atom is 0.170 e. The van der Waals surface area contributed by atoms with Crippen LogP contribution in [0.3, 0.4) is 0 Å². The van der Waals surface area contributed by atoms with E-state index in [0.29, 0.717) is 29.8 Å². The van der Waals surface area contributed by atoms with Crippen LogP contribution < -0.4 is 15.2 Å². The highest BCUT2D eigenvalue weighted by molar-refractivity contribution is 5.97. The average Bonchev–Trinajstić information content (AvgIpc) is 3.03. The standard InChI is InChI=1S/C15H22N2O4/c1-19-13-8-11(15(16)17-18)9-14(10-13)21-7-3-5-12-4-2-6-20-12/h8-10,12,18H,2-7H2,1H3,(H2,16,17). The van der Waals surface area contributed by atoms with Gasteiger partial charge in [0, 0.05) is 18.2 Å². The third-order valence-electron chi connectivity index (χ3n) is 3.48. The average molecular weight is 294 g/mol. The van der Waals surface area contributed by atoms with Gasteiger partial charge in [0.1, 0.15) is 11.5 Å². The zero-order chi connectivity index (χ0) is 15.1. The van der Waals surface area contributed by atoms with Crippen molar-refractivity contribution in [3.05, 3.63) is 23.8 Å². The lowest BCUT2D eigenvalue weighted by Crippen LogP contribution is -2.13. The lowest BCUT2D eigenvalue weighted by Gasteiger charge is -2.12. The summed E-state index contributed by atoms with van der Waals surface area (Å²) in [6.07, 6.45) is 4.63. The Morgan fingerprint density at radius 1 is 1.43 bits per heavy atom. The van der Waals surface area contributed by atoms with Crippen molar-refractivity contribution in [1.82, 2.24) is 0 Å². The van der Waals surface area contributed by atoms with Crippen molar-refractivity contribution < 1.29 is 19.4 Å². The fraction of sp³-hybridized carbons (Fsp3) is 0.533. The van der Waals surface area contributed by atoms with Gasteiger partial charge in [0.2, 0.25) is 0 Å². The third-order valence-corrected chi connectivity index (χ3v) is 3.48. The van der Waals surface area contributed by atoms with E-state index in [1.807, 2.05) is 0 Å². The molecule has 6 heteroatoms. The number of ether oxygens (including phenoxy) is 3. The second-order valence-electron chi connectivity index (χ2n) is 5.01. The third kappa shape index (κ3) is 4.53. The first-order valence-electron chi connectivity index (χ1n) is 7.14. The van der Waals surface area contributed by atoms with Crippen LogP contribution in [0.25, 0.3) is 0 Å². The van der Waals surface area contributed by atoms with E-state index in [9.17, 15) is 0 Å². The monoisotopic (exact) mass is 294 g/mol. The van der Waals surface area contributed by atoms with Crippen LogP contribution in [-0.2, 0) is 4.74 Å². The van der Waals surface area contributed by atoms with Crippen LogP contribution in [0.15, 0.2) is 23.4 Å². The summed E-state index contributed by atoms with van der Waals surface area (Å²) in [5, 5.41) is 11.7. The van der Waals surface area contributed by atoms with Crippen molar-refractivity contribution in [2.45, 2.75) is 31.8 Å². The molecule has 1 saturated heterocycles. The Kier molecular flexibility index (Phi) is 5.68. The van der Waals surface area contributed by atoms with Crippen LogP contribution in [0.4, 0.5) is 0 Å². The molecule has 1 unspecified atom stereocenters. The molecule has 1 aliphatic heterocycles. The SMILES string of the molecule is COc1cc(OCCCC2CCCO2)cc(/C(N)=N/O)c1. The Hall–Kier alpha value is -1.95. The molecule has 0 amide bonds. The minimum absolute atomic E-state index is 0.0260. The zero-order valence-electron chi connectivity index (χ0n) is 12.2. The molecule has 0 spiro atoms. The molecule has 1 aromatic rings. The Labute approximate surface area is 124 Å². The van der Waals surface area contributed by atoms with Crippen LogP contribution >= 0.6 is 0 Å². The molecule has 1 aromatic carbocycles. The zero-order valence-corrected chi connectivity index (χ0v) is 12.2. The molecule has 0 radical (unpaired) electrons. The van der Waals surface area contributed by atoms with Crippen LogP contribution in [0.1, 0.15) is 31.2 Å². The second kappa shape index (κ2) is 7.73. The number of hydrogen-bond donors (Lipinski definition) is 2. The van der Waals surface area contributed by atoms with Crippen LogP contribution in [-0.4, -0.2) is 37.5 Å². The van der Waals surface area contributed by atoms with Gasteiger partial charge in [-0.2, -0.15) is 0 Å². The van der Waals surface area contributed by atoms with Crippen molar-refractivity contribution in [2.24, 2.45) is 10.9 Å². The van der Waals surface area contributed by atoms with Crippen molar-refractivity contribution in [3.8, 4) is 11.5 Å². The summed E-state index contributed by atoms with van der Waals surface area (Å²) in [6.45, 7) is 1.48. The van der Waals surface area contributed by atoms with Gasteiger partial charge < -0.3 is 25.2 Å². The normalized spacial score (nSPS) is 18.7. The maximum atomic E-state index is 8.75. The predicted molar refractivity (Wildman–Crippen MR) is 79.2 cm³/mol. The molecular weight excluding hydrogens is 272 g/mol. The number of benzene rings is 1. The van der Waals surface area contributed by atoms with Gasteiger partial charge >= 0.3 is 0 Å². The van der Waals surface area contributed by atoms with E-state index < -0.39 is 0 Å². The van der Waals surface area contributed by atoms with Crippen LogP contribution in [0.5, 0.6) is 11.5 Å². The molecule has 116 valence electrons. The molecule has 0 aromatic heterocycles. The minimum Gasteiger partial charge on any atom is -0.497 e. The molecule has 1 aliphatic rings. The van der Waals surface area contributed by atoms with E-state index in [1.165, 1.54) is 0 Å². The molecule has 2 rings (SSSR count). The fourth-order valence-electron chi connectivity index (χ4n) is 2.35. The molecule has 1 heterocycles. The molecule has 21 heavy (non-hydrogen) atoms. The summed E-state index contributed by atoms with van der Waals surface area (Å²) in [7, 11) is 1.56. The predicted octanol–water partition coefficient (Wildman–Crippen LogP) is 2.13. The number of amidine groups is 1. The van der Waals surface area contributed by atoms with E-state index in [4.69, 9.17) is 25.2 Å². The van der Waals surface area contributed by atoms with Gasteiger partial charge in [-0.15, -0.1) is 0 Å². The Bertz CT molecular complexity index is 485. The smallest absolute Gasteiger partial charge is 0.170 e. The van der Waals surface area contributed by atoms with E-state index in [-0.39, 0.29) is 5.84 Å². The number of nitrogens with two attached hydrogens (primary N) is 1. The number of nitrogens with zero attached hydrogens (tertiary/aromatic N) is 1. The highest BCUT2D eigenvalue weighted by Crippen LogP contribution is 2.23. The Morgan fingerprint density at radius 2 is 2.24 bits per heavy atom. The number of oxime groups is 1. The molecule has 3 N–H and O–H groups in total. The van der Waals surface area contributed by atoms with Gasteiger partial charge in [0.05, 0.1) is 19.8 Å². The second-order valence-corrected chi connectivity index (χ2v) is 5.01. The quantitative estimate of drug-likeness (QED) is 0.264. The van der Waals surface area contributed by atoms with Gasteiger partial charge in [0.25, 0.3) is 0 Å². The number of methoxy groups -OCH3 is 1. The molecule has 6 nitrogen and oxygen atoms in total. The van der Waals surface area contributed by atoms with Gasteiger partial charge in [-0.1, -0.05) is 5.16 Å². The lowest BCUT2D eigenvalue weighted by atomic mass is 10.1. The summed E-state index contributed by atoms with van der Waals surface area (Å²) in [4.78, 5) is 0. The number of hydrogen-bond acceptors (Lipinski definition) is 5. The molecule has 0 aliphatic carbocycles. The summed E-state index contributed by atoms with van der Waals surface area (Å²) in [5.74, 6) is 1.27. The van der Waals surface area contributed by atoms with E-state index in [2.05, 4.69) is 5.16 Å². The first-order chi connectivity index (χ1) is 10.2. The van der Waals surface area contributed by atoms with Gasteiger partial charge in [-0.3, -0.25) is 0 Å². The number of rotatable bonds is 7. The van der Waals surface area contributed by atoms with Crippen molar-refractivity contribution >= 4 is 5.84 Å². The van der Waals surface area contributed by atoms with Crippen molar-refractivity contribution in [2.75, 3.05) is 20.3 Å². The highest BCUT2D eigenvalue weighted by atomic mass is 16.5. The largest absolute Gasteiger partial charge is 0.497 e. The lowest BCUT2D eigenvalue weighted by molar-refractivity contribution is 0.0981. The summed E-state index contributed by atoms with van der Waals surface area (Å²) < 4.78 is 16.5.